The van der Waals surface area contributed by atoms with E-state index in [1.807, 2.05) is 0 Å². The van der Waals surface area contributed by atoms with Crippen LogP contribution in [0.2, 0.25) is 0 Å². The molecule has 164 valence electrons. The van der Waals surface area contributed by atoms with Crippen LogP contribution < -0.4 is 9.47 Å². The Balaban J connectivity index is 0.00000272. The maximum atomic E-state index is 12.9. The first kappa shape index (κ1) is 22.9. The van der Waals surface area contributed by atoms with Crippen molar-refractivity contribution in [3.05, 3.63) is 84.2 Å². The minimum absolute atomic E-state index is 0. The van der Waals surface area contributed by atoms with Crippen molar-refractivity contribution in [2.45, 2.75) is 12.0 Å². The molecule has 0 saturated carbocycles. The van der Waals surface area contributed by atoms with E-state index in [9.17, 15) is 13.2 Å². The molecular weight excluding hydrogens is 435 g/mol. The summed E-state index contributed by atoms with van der Waals surface area (Å²) in [5, 5.41) is 0. The molecule has 3 aromatic rings. The maximum Gasteiger partial charge on any atom is 0.416 e. The van der Waals surface area contributed by atoms with Crippen LogP contribution in [0.15, 0.2) is 73.1 Å². The van der Waals surface area contributed by atoms with E-state index in [1.165, 1.54) is 12.1 Å². The highest BCUT2D eigenvalue weighted by molar-refractivity contribution is 5.85. The number of pyridine rings is 1. The lowest BCUT2D eigenvalue weighted by Crippen LogP contribution is -2.34. The standard InChI is InChI=1S/C22H18F3NO4.ClH/c23-22(24,25)17-3-1-4-19(13-17)30-18-8-6-16(7-9-18)21(28-11-12-29-21)15-27-20-5-2-10-26-14-20;/h1-10,13-14H,11-12,15H2;1H. The molecule has 0 N–H and O–H groups in total. The molecule has 0 spiro atoms. The third-order valence-corrected chi connectivity index (χ3v) is 4.51. The van der Waals surface area contributed by atoms with Crippen LogP contribution in [0, 0.1) is 0 Å². The van der Waals surface area contributed by atoms with E-state index in [1.54, 1.807) is 48.8 Å². The number of ether oxygens (including phenoxy) is 4. The Bertz CT molecular complexity index is 978. The van der Waals surface area contributed by atoms with Crippen LogP contribution in [-0.2, 0) is 21.4 Å². The average Bonchev–Trinajstić information content (AvgIpc) is 3.23. The number of benzene rings is 2. The van der Waals surface area contributed by atoms with Crippen molar-refractivity contribution in [3.8, 4) is 17.2 Å². The summed E-state index contributed by atoms with van der Waals surface area (Å²) < 4.78 is 61.6. The highest BCUT2D eigenvalue weighted by atomic mass is 35.5. The number of hydrogen-bond acceptors (Lipinski definition) is 5. The van der Waals surface area contributed by atoms with E-state index in [2.05, 4.69) is 4.98 Å². The molecule has 9 heteroatoms. The number of rotatable bonds is 6. The minimum atomic E-state index is -4.43. The largest absolute Gasteiger partial charge is 0.486 e. The van der Waals surface area contributed by atoms with E-state index in [-0.39, 0.29) is 24.8 Å². The van der Waals surface area contributed by atoms with Gasteiger partial charge in [-0.05, 0) is 54.6 Å². The van der Waals surface area contributed by atoms with Crippen molar-refractivity contribution in [2.24, 2.45) is 0 Å². The molecule has 0 bridgehead atoms. The molecule has 0 amide bonds. The van der Waals surface area contributed by atoms with E-state index < -0.39 is 17.5 Å². The Morgan fingerprint density at radius 3 is 2.26 bits per heavy atom. The molecule has 1 fully saturated rings. The third-order valence-electron chi connectivity index (χ3n) is 4.51. The summed E-state index contributed by atoms with van der Waals surface area (Å²) in [6.45, 7) is 0.949. The Morgan fingerprint density at radius 2 is 1.61 bits per heavy atom. The zero-order valence-electron chi connectivity index (χ0n) is 16.2. The number of hydrogen-bond donors (Lipinski definition) is 0. The van der Waals surface area contributed by atoms with E-state index in [0.29, 0.717) is 30.3 Å². The van der Waals surface area contributed by atoms with Crippen LogP contribution in [0.1, 0.15) is 11.1 Å². The van der Waals surface area contributed by atoms with Crippen LogP contribution in [0.5, 0.6) is 17.2 Å². The van der Waals surface area contributed by atoms with Gasteiger partial charge in [0.05, 0.1) is 25.0 Å². The third kappa shape index (κ3) is 5.46. The molecule has 1 saturated heterocycles. The molecule has 0 aliphatic carbocycles. The van der Waals surface area contributed by atoms with Crippen LogP contribution in [0.4, 0.5) is 13.2 Å². The molecule has 5 nitrogen and oxygen atoms in total. The molecule has 0 atom stereocenters. The Hall–Kier alpha value is -2.81. The van der Waals surface area contributed by atoms with Gasteiger partial charge in [-0.2, -0.15) is 13.2 Å². The Kier molecular flexibility index (Phi) is 7.04. The topological polar surface area (TPSA) is 49.8 Å². The van der Waals surface area contributed by atoms with Gasteiger partial charge in [-0.3, -0.25) is 4.98 Å². The Labute approximate surface area is 183 Å². The minimum Gasteiger partial charge on any atom is -0.486 e. The summed E-state index contributed by atoms with van der Waals surface area (Å²) >= 11 is 0. The fourth-order valence-electron chi connectivity index (χ4n) is 3.05. The van der Waals surface area contributed by atoms with Gasteiger partial charge in [0, 0.05) is 11.8 Å². The molecule has 2 heterocycles. The summed E-state index contributed by atoms with van der Waals surface area (Å²) in [5.41, 5.74) is -0.0591. The molecule has 0 radical (unpaired) electrons. The molecular formula is C22H19ClF3NO4. The molecule has 1 aliphatic heterocycles. The van der Waals surface area contributed by atoms with Crippen molar-refractivity contribution in [3.63, 3.8) is 0 Å². The monoisotopic (exact) mass is 453 g/mol. The van der Waals surface area contributed by atoms with Crippen molar-refractivity contribution in [1.82, 2.24) is 4.98 Å². The number of nitrogens with zero attached hydrogens (tertiary/aromatic N) is 1. The summed E-state index contributed by atoms with van der Waals surface area (Å²) in [6, 6.07) is 15.0. The predicted molar refractivity (Wildman–Crippen MR) is 109 cm³/mol. The smallest absolute Gasteiger partial charge is 0.416 e. The quantitative estimate of drug-likeness (QED) is 0.486. The molecule has 2 aromatic carbocycles. The number of halogens is 4. The summed E-state index contributed by atoms with van der Waals surface area (Å²) in [4.78, 5) is 4.00. The lowest BCUT2D eigenvalue weighted by atomic mass is 10.1. The zero-order valence-corrected chi connectivity index (χ0v) is 17.0. The van der Waals surface area contributed by atoms with E-state index >= 15 is 0 Å². The number of alkyl halides is 3. The van der Waals surface area contributed by atoms with Crippen molar-refractivity contribution < 1.29 is 32.1 Å². The maximum absolute atomic E-state index is 12.9. The van der Waals surface area contributed by atoms with Gasteiger partial charge in [-0.15, -0.1) is 12.4 Å². The van der Waals surface area contributed by atoms with Gasteiger partial charge in [0.2, 0.25) is 5.79 Å². The first-order valence-electron chi connectivity index (χ1n) is 9.21. The van der Waals surface area contributed by atoms with Gasteiger partial charge < -0.3 is 18.9 Å². The zero-order chi connectivity index (χ0) is 21.0. The van der Waals surface area contributed by atoms with E-state index in [4.69, 9.17) is 18.9 Å². The van der Waals surface area contributed by atoms with Crippen molar-refractivity contribution in [1.29, 1.82) is 0 Å². The molecule has 1 aliphatic rings. The van der Waals surface area contributed by atoms with Gasteiger partial charge in [-0.25, -0.2) is 0 Å². The fourth-order valence-corrected chi connectivity index (χ4v) is 3.05. The number of aromatic nitrogens is 1. The average molecular weight is 454 g/mol. The normalized spacial score (nSPS) is 15.2. The van der Waals surface area contributed by atoms with Gasteiger partial charge in [0.25, 0.3) is 0 Å². The summed E-state index contributed by atoms with van der Waals surface area (Å²) in [5.74, 6) is -0.00895. The van der Waals surface area contributed by atoms with Gasteiger partial charge in [0.15, 0.2) is 0 Å². The fraction of sp³-hybridized carbons (Fsp3) is 0.227. The summed E-state index contributed by atoms with van der Waals surface area (Å²) in [7, 11) is 0. The predicted octanol–water partition coefficient (Wildman–Crippen LogP) is 5.59. The second kappa shape index (κ2) is 9.55. The molecule has 1 aromatic heterocycles. The molecule has 4 rings (SSSR count). The highest BCUT2D eigenvalue weighted by Crippen LogP contribution is 2.35. The Morgan fingerprint density at radius 1 is 0.903 bits per heavy atom. The second-order valence-electron chi connectivity index (χ2n) is 6.58. The van der Waals surface area contributed by atoms with Crippen LogP contribution in [0.25, 0.3) is 0 Å². The van der Waals surface area contributed by atoms with Crippen molar-refractivity contribution in [2.75, 3.05) is 19.8 Å². The first-order valence-corrected chi connectivity index (χ1v) is 9.21. The summed E-state index contributed by atoms with van der Waals surface area (Å²) in [6.07, 6.45) is -1.19. The van der Waals surface area contributed by atoms with Crippen molar-refractivity contribution >= 4 is 12.4 Å². The lowest BCUT2D eigenvalue weighted by molar-refractivity contribution is -0.185. The SMILES string of the molecule is Cl.FC(F)(F)c1cccc(Oc2ccc(C3(COc4cccnc4)OCCO3)cc2)c1. The first-order chi connectivity index (χ1) is 14.4. The second-order valence-corrected chi connectivity index (χ2v) is 6.58. The van der Waals surface area contributed by atoms with E-state index in [0.717, 1.165) is 12.1 Å². The van der Waals surface area contributed by atoms with Crippen LogP contribution >= 0.6 is 12.4 Å². The lowest BCUT2D eigenvalue weighted by Gasteiger charge is -2.27. The molecule has 0 unspecified atom stereocenters. The molecule has 31 heavy (non-hydrogen) atoms. The van der Waals surface area contributed by atoms with Crippen LogP contribution in [0.3, 0.4) is 0 Å². The highest BCUT2D eigenvalue weighted by Gasteiger charge is 2.40. The van der Waals surface area contributed by atoms with Gasteiger partial charge in [0.1, 0.15) is 23.9 Å². The van der Waals surface area contributed by atoms with Gasteiger partial charge >= 0.3 is 6.18 Å². The van der Waals surface area contributed by atoms with Gasteiger partial charge in [-0.1, -0.05) is 6.07 Å². The van der Waals surface area contributed by atoms with Crippen LogP contribution in [-0.4, -0.2) is 24.8 Å².